The molecule has 0 saturated carbocycles. The van der Waals surface area contributed by atoms with Gasteiger partial charge in [0, 0.05) is 16.8 Å². The van der Waals surface area contributed by atoms with Crippen LogP contribution in [0.5, 0.6) is 5.75 Å². The Balaban J connectivity index is 1.93. The normalized spacial score (nSPS) is 17.5. The van der Waals surface area contributed by atoms with E-state index in [0.29, 0.717) is 17.9 Å². The number of hydrogen-bond donors (Lipinski definition) is 1. The Bertz CT molecular complexity index is 1300. The molecule has 1 aliphatic heterocycles. The van der Waals surface area contributed by atoms with Crippen LogP contribution in [0.4, 0.5) is 5.69 Å². The molecule has 0 spiro atoms. The van der Waals surface area contributed by atoms with Crippen molar-refractivity contribution in [2.24, 2.45) is 0 Å². The first-order chi connectivity index (χ1) is 17.2. The SMILES string of the molecule is CCOc1ccc(/C(O)=C2/C(=O)C(=O)N(c3ccccc3)C2c2ccc(CC)cc2)cc1C(C)(C)C. The summed E-state index contributed by atoms with van der Waals surface area (Å²) < 4.78 is 5.82. The summed E-state index contributed by atoms with van der Waals surface area (Å²) in [6, 6.07) is 21.6. The Hall–Kier alpha value is -3.86. The maximum absolute atomic E-state index is 13.4. The van der Waals surface area contributed by atoms with Crippen molar-refractivity contribution in [1.82, 2.24) is 0 Å². The monoisotopic (exact) mass is 483 g/mol. The maximum atomic E-state index is 13.4. The molecule has 3 aromatic rings. The number of aliphatic hydroxyl groups excluding tert-OH is 1. The fraction of sp³-hybridized carbons (Fsp3) is 0.290. The second-order valence-electron chi connectivity index (χ2n) is 9.99. The third-order valence-electron chi connectivity index (χ3n) is 6.54. The smallest absolute Gasteiger partial charge is 0.300 e. The summed E-state index contributed by atoms with van der Waals surface area (Å²) in [5.74, 6) is -0.815. The summed E-state index contributed by atoms with van der Waals surface area (Å²) in [4.78, 5) is 28.2. The quantitative estimate of drug-likeness (QED) is 0.245. The molecule has 1 fully saturated rings. The highest BCUT2D eigenvalue weighted by atomic mass is 16.5. The molecule has 3 aromatic carbocycles. The minimum atomic E-state index is -0.747. The molecule has 1 amide bonds. The van der Waals surface area contributed by atoms with E-state index >= 15 is 0 Å². The molecular formula is C31H33NO4. The highest BCUT2D eigenvalue weighted by Crippen LogP contribution is 2.43. The Morgan fingerprint density at radius 3 is 2.19 bits per heavy atom. The number of ether oxygens (including phenoxy) is 1. The topological polar surface area (TPSA) is 66.8 Å². The predicted molar refractivity (Wildman–Crippen MR) is 143 cm³/mol. The minimum Gasteiger partial charge on any atom is -0.507 e. The second-order valence-corrected chi connectivity index (χ2v) is 9.99. The van der Waals surface area contributed by atoms with Crippen molar-refractivity contribution >= 4 is 23.1 Å². The van der Waals surface area contributed by atoms with Crippen LogP contribution in [0.25, 0.3) is 5.76 Å². The van der Waals surface area contributed by atoms with E-state index in [2.05, 4.69) is 27.7 Å². The van der Waals surface area contributed by atoms with Gasteiger partial charge in [0.05, 0.1) is 18.2 Å². The molecule has 36 heavy (non-hydrogen) atoms. The lowest BCUT2D eigenvalue weighted by Crippen LogP contribution is -2.29. The van der Waals surface area contributed by atoms with Crippen LogP contribution in [0.2, 0.25) is 0 Å². The lowest BCUT2D eigenvalue weighted by atomic mass is 9.84. The number of para-hydroxylation sites is 1. The zero-order valence-electron chi connectivity index (χ0n) is 21.5. The van der Waals surface area contributed by atoms with Gasteiger partial charge < -0.3 is 9.84 Å². The Morgan fingerprint density at radius 2 is 1.61 bits per heavy atom. The van der Waals surface area contributed by atoms with Crippen molar-refractivity contribution in [3.05, 3.63) is 101 Å². The molecule has 4 rings (SSSR count). The van der Waals surface area contributed by atoms with E-state index in [9.17, 15) is 14.7 Å². The number of rotatable bonds is 6. The number of aryl methyl sites for hydroxylation is 1. The molecule has 0 aliphatic carbocycles. The van der Waals surface area contributed by atoms with Crippen molar-refractivity contribution in [1.29, 1.82) is 0 Å². The fourth-order valence-electron chi connectivity index (χ4n) is 4.64. The summed E-state index contributed by atoms with van der Waals surface area (Å²) in [5, 5.41) is 11.6. The Kier molecular flexibility index (Phi) is 7.02. The lowest BCUT2D eigenvalue weighted by molar-refractivity contribution is -0.132. The van der Waals surface area contributed by atoms with Gasteiger partial charge in [0.15, 0.2) is 0 Å². The zero-order valence-corrected chi connectivity index (χ0v) is 21.5. The number of anilines is 1. The Morgan fingerprint density at radius 1 is 0.944 bits per heavy atom. The van der Waals surface area contributed by atoms with E-state index in [4.69, 9.17) is 4.74 Å². The van der Waals surface area contributed by atoms with Crippen LogP contribution in [0, 0.1) is 0 Å². The highest BCUT2D eigenvalue weighted by molar-refractivity contribution is 6.51. The number of aliphatic hydroxyl groups is 1. The summed E-state index contributed by atoms with van der Waals surface area (Å²) >= 11 is 0. The van der Waals surface area contributed by atoms with Crippen molar-refractivity contribution < 1.29 is 19.4 Å². The van der Waals surface area contributed by atoms with Gasteiger partial charge in [-0.2, -0.15) is 0 Å². The molecule has 1 N–H and O–H groups in total. The van der Waals surface area contributed by atoms with Gasteiger partial charge >= 0.3 is 0 Å². The summed E-state index contributed by atoms with van der Waals surface area (Å²) in [6.07, 6.45) is 0.876. The van der Waals surface area contributed by atoms with Gasteiger partial charge in [0.25, 0.3) is 11.7 Å². The summed E-state index contributed by atoms with van der Waals surface area (Å²) in [5.41, 5.74) is 3.73. The van der Waals surface area contributed by atoms with Gasteiger partial charge in [-0.15, -0.1) is 0 Å². The van der Waals surface area contributed by atoms with Crippen LogP contribution < -0.4 is 9.64 Å². The first kappa shape index (κ1) is 25.2. The predicted octanol–water partition coefficient (Wildman–Crippen LogP) is 6.57. The standard InChI is InChI=1S/C31H33NO4/c1-6-20-13-15-21(16-14-20)27-26(29(34)30(35)32(27)23-11-9-8-10-12-23)28(33)22-17-18-25(36-7-2)24(19-22)31(3,4)5/h8-19,27,33H,6-7H2,1-5H3/b28-26-. The first-order valence-corrected chi connectivity index (χ1v) is 12.4. The molecule has 186 valence electrons. The molecule has 0 aromatic heterocycles. The van der Waals surface area contributed by atoms with Crippen molar-refractivity contribution in [2.45, 2.75) is 52.5 Å². The maximum Gasteiger partial charge on any atom is 0.300 e. The molecule has 5 nitrogen and oxygen atoms in total. The summed E-state index contributed by atoms with van der Waals surface area (Å²) in [7, 11) is 0. The number of amides is 1. The van der Waals surface area contributed by atoms with Crippen molar-refractivity contribution in [3.63, 3.8) is 0 Å². The minimum absolute atomic E-state index is 0.0807. The number of hydrogen-bond acceptors (Lipinski definition) is 4. The second kappa shape index (κ2) is 10.0. The fourth-order valence-corrected chi connectivity index (χ4v) is 4.64. The lowest BCUT2D eigenvalue weighted by Gasteiger charge is -2.26. The van der Waals surface area contributed by atoms with Gasteiger partial charge in [-0.1, -0.05) is 70.2 Å². The van der Waals surface area contributed by atoms with Crippen LogP contribution in [0.3, 0.4) is 0 Å². The highest BCUT2D eigenvalue weighted by Gasteiger charge is 2.47. The Labute approximate surface area is 213 Å². The average Bonchev–Trinajstić information content (AvgIpc) is 3.14. The van der Waals surface area contributed by atoms with E-state index in [1.54, 1.807) is 18.2 Å². The van der Waals surface area contributed by atoms with Gasteiger partial charge in [0.2, 0.25) is 0 Å². The summed E-state index contributed by atoms with van der Waals surface area (Å²) in [6.45, 7) is 10.7. The molecule has 5 heteroatoms. The number of benzene rings is 3. The molecule has 1 aliphatic rings. The third-order valence-corrected chi connectivity index (χ3v) is 6.54. The third kappa shape index (κ3) is 4.66. The van der Waals surface area contributed by atoms with E-state index < -0.39 is 17.7 Å². The number of ketones is 1. The molecule has 1 saturated heterocycles. The van der Waals surface area contributed by atoms with Gasteiger partial charge in [-0.05, 0) is 60.2 Å². The van der Waals surface area contributed by atoms with Crippen LogP contribution in [-0.2, 0) is 21.4 Å². The van der Waals surface area contributed by atoms with Crippen molar-refractivity contribution in [2.75, 3.05) is 11.5 Å². The zero-order chi connectivity index (χ0) is 26.0. The number of carbonyl (C=O) groups is 2. The van der Waals surface area contributed by atoms with E-state index in [1.807, 2.05) is 61.5 Å². The molecule has 1 heterocycles. The van der Waals surface area contributed by atoms with E-state index in [-0.39, 0.29) is 16.7 Å². The van der Waals surface area contributed by atoms with Gasteiger partial charge in [0.1, 0.15) is 11.5 Å². The van der Waals surface area contributed by atoms with Crippen molar-refractivity contribution in [3.8, 4) is 5.75 Å². The van der Waals surface area contributed by atoms with E-state index in [1.165, 1.54) is 4.90 Å². The van der Waals surface area contributed by atoms with E-state index in [0.717, 1.165) is 28.9 Å². The van der Waals surface area contributed by atoms with Gasteiger partial charge in [-0.3, -0.25) is 14.5 Å². The molecular weight excluding hydrogens is 450 g/mol. The largest absolute Gasteiger partial charge is 0.507 e. The number of nitrogens with zero attached hydrogens (tertiary/aromatic N) is 1. The molecule has 1 unspecified atom stereocenters. The molecule has 1 atom stereocenters. The van der Waals surface area contributed by atoms with Crippen LogP contribution in [0.1, 0.15) is 62.9 Å². The van der Waals surface area contributed by atoms with Crippen LogP contribution in [0.15, 0.2) is 78.4 Å². The molecule has 0 radical (unpaired) electrons. The van der Waals surface area contributed by atoms with Crippen LogP contribution in [-0.4, -0.2) is 23.4 Å². The molecule has 0 bridgehead atoms. The van der Waals surface area contributed by atoms with Gasteiger partial charge in [-0.25, -0.2) is 0 Å². The number of carbonyl (C=O) groups excluding carboxylic acids is 2. The average molecular weight is 484 g/mol. The van der Waals surface area contributed by atoms with Crippen LogP contribution >= 0.6 is 0 Å². The number of Topliss-reactive ketones (excluding diaryl/α,β-unsaturated/α-hetero) is 1. The first-order valence-electron chi connectivity index (χ1n) is 12.4.